The molecule has 0 spiro atoms. The van der Waals surface area contributed by atoms with Gasteiger partial charge in [-0.15, -0.1) is 5.10 Å². The summed E-state index contributed by atoms with van der Waals surface area (Å²) in [5, 5.41) is 14.6. The number of aromatic nitrogens is 3. The van der Waals surface area contributed by atoms with Gasteiger partial charge in [-0.05, 0) is 58.8 Å². The Balaban J connectivity index is 1.77. The predicted molar refractivity (Wildman–Crippen MR) is 96.1 cm³/mol. The third kappa shape index (κ3) is 3.99. The standard InChI is InChI=1S/C18H25N5O2/c1-12(2)25-16-7-5-4-6-15(16)20-18(24)17-13(3)23(22-21-17)14-8-10-19-11-9-14/h4-7,12,14,19H,8-11H2,1-3H3,(H,20,24). The van der Waals surface area contributed by atoms with Crippen LogP contribution in [0, 0.1) is 6.92 Å². The van der Waals surface area contributed by atoms with Crippen molar-refractivity contribution in [1.29, 1.82) is 0 Å². The molecule has 0 saturated carbocycles. The van der Waals surface area contributed by atoms with E-state index in [1.165, 1.54) is 0 Å². The summed E-state index contributed by atoms with van der Waals surface area (Å²) in [6.07, 6.45) is 2.02. The van der Waals surface area contributed by atoms with Crippen LogP contribution in [-0.4, -0.2) is 40.1 Å². The second-order valence-corrected chi connectivity index (χ2v) is 6.57. The zero-order valence-corrected chi connectivity index (χ0v) is 15.0. The molecular formula is C18H25N5O2. The van der Waals surface area contributed by atoms with Gasteiger partial charge in [-0.3, -0.25) is 4.79 Å². The van der Waals surface area contributed by atoms with Crippen molar-refractivity contribution in [3.63, 3.8) is 0 Å². The van der Waals surface area contributed by atoms with E-state index in [9.17, 15) is 4.79 Å². The van der Waals surface area contributed by atoms with Crippen LogP contribution in [0.5, 0.6) is 5.75 Å². The van der Waals surface area contributed by atoms with E-state index in [2.05, 4.69) is 20.9 Å². The van der Waals surface area contributed by atoms with Gasteiger partial charge >= 0.3 is 0 Å². The average Bonchev–Trinajstić information content (AvgIpc) is 2.98. The molecule has 1 saturated heterocycles. The van der Waals surface area contributed by atoms with Crippen LogP contribution in [0.4, 0.5) is 5.69 Å². The summed E-state index contributed by atoms with van der Waals surface area (Å²) in [4.78, 5) is 12.7. The number of hydrogen-bond donors (Lipinski definition) is 2. The lowest BCUT2D eigenvalue weighted by molar-refractivity contribution is 0.102. The van der Waals surface area contributed by atoms with Crippen LogP contribution in [0.2, 0.25) is 0 Å². The van der Waals surface area contributed by atoms with Crippen LogP contribution in [0.25, 0.3) is 0 Å². The van der Waals surface area contributed by atoms with Gasteiger partial charge in [0.15, 0.2) is 5.69 Å². The lowest BCUT2D eigenvalue weighted by Crippen LogP contribution is -2.30. The van der Waals surface area contributed by atoms with Crippen molar-refractivity contribution >= 4 is 11.6 Å². The highest BCUT2D eigenvalue weighted by Gasteiger charge is 2.23. The van der Waals surface area contributed by atoms with Gasteiger partial charge in [-0.25, -0.2) is 4.68 Å². The second kappa shape index (κ2) is 7.65. The third-order valence-electron chi connectivity index (χ3n) is 4.29. The molecule has 0 unspecified atom stereocenters. The Bertz CT molecular complexity index is 735. The molecule has 1 aromatic carbocycles. The normalized spacial score (nSPS) is 15.4. The predicted octanol–water partition coefficient (Wildman–Crippen LogP) is 2.55. The van der Waals surface area contributed by atoms with Crippen molar-refractivity contribution in [3.05, 3.63) is 35.7 Å². The maximum atomic E-state index is 12.7. The number of carbonyl (C=O) groups excluding carboxylic acids is 1. The van der Waals surface area contributed by atoms with Gasteiger partial charge in [0, 0.05) is 0 Å². The summed E-state index contributed by atoms with van der Waals surface area (Å²) in [7, 11) is 0. The van der Waals surface area contributed by atoms with Gasteiger partial charge in [-0.1, -0.05) is 17.3 Å². The van der Waals surface area contributed by atoms with Crippen LogP contribution in [0.15, 0.2) is 24.3 Å². The summed E-state index contributed by atoms with van der Waals surface area (Å²) >= 11 is 0. The highest BCUT2D eigenvalue weighted by molar-refractivity contribution is 6.04. The smallest absolute Gasteiger partial charge is 0.278 e. The maximum absolute atomic E-state index is 12.7. The highest BCUT2D eigenvalue weighted by atomic mass is 16.5. The molecule has 7 nitrogen and oxygen atoms in total. The number of rotatable bonds is 5. The van der Waals surface area contributed by atoms with Crippen LogP contribution >= 0.6 is 0 Å². The molecule has 0 bridgehead atoms. The van der Waals surface area contributed by atoms with Gasteiger partial charge in [-0.2, -0.15) is 0 Å². The van der Waals surface area contributed by atoms with E-state index in [-0.39, 0.29) is 12.0 Å². The monoisotopic (exact) mass is 343 g/mol. The number of ether oxygens (including phenoxy) is 1. The molecule has 25 heavy (non-hydrogen) atoms. The molecule has 2 aromatic rings. The van der Waals surface area contributed by atoms with E-state index in [4.69, 9.17) is 4.74 Å². The SMILES string of the molecule is Cc1c(C(=O)Nc2ccccc2OC(C)C)nnn1C1CCNCC1. The first-order chi connectivity index (χ1) is 12.1. The number of anilines is 1. The number of nitrogens with zero attached hydrogens (tertiary/aromatic N) is 3. The van der Waals surface area contributed by atoms with Crippen LogP contribution < -0.4 is 15.4 Å². The van der Waals surface area contributed by atoms with Crippen molar-refractivity contribution in [3.8, 4) is 5.75 Å². The van der Waals surface area contributed by atoms with E-state index in [1.54, 1.807) is 0 Å². The third-order valence-corrected chi connectivity index (χ3v) is 4.29. The topological polar surface area (TPSA) is 81.1 Å². The van der Waals surface area contributed by atoms with Crippen molar-refractivity contribution in [2.45, 2.75) is 45.8 Å². The average molecular weight is 343 g/mol. The molecule has 7 heteroatoms. The molecule has 1 aliphatic heterocycles. The molecule has 1 fully saturated rings. The number of benzene rings is 1. The Morgan fingerprint density at radius 3 is 2.76 bits per heavy atom. The molecule has 1 aromatic heterocycles. The van der Waals surface area contributed by atoms with Crippen molar-refractivity contribution in [2.24, 2.45) is 0 Å². The number of amides is 1. The van der Waals surface area contributed by atoms with E-state index >= 15 is 0 Å². The minimum atomic E-state index is -0.266. The summed E-state index contributed by atoms with van der Waals surface area (Å²) in [5.41, 5.74) is 1.79. The fourth-order valence-corrected chi connectivity index (χ4v) is 3.06. The fourth-order valence-electron chi connectivity index (χ4n) is 3.06. The molecule has 1 amide bonds. The first-order valence-electron chi connectivity index (χ1n) is 8.76. The number of piperidine rings is 1. The molecule has 134 valence electrons. The first kappa shape index (κ1) is 17.4. The molecule has 3 rings (SSSR count). The fraction of sp³-hybridized carbons (Fsp3) is 0.500. The molecule has 0 radical (unpaired) electrons. The zero-order valence-electron chi connectivity index (χ0n) is 15.0. The van der Waals surface area contributed by atoms with E-state index < -0.39 is 0 Å². The van der Waals surface area contributed by atoms with Gasteiger partial charge < -0.3 is 15.4 Å². The number of nitrogens with one attached hydrogen (secondary N) is 2. The first-order valence-corrected chi connectivity index (χ1v) is 8.76. The van der Waals surface area contributed by atoms with Gasteiger partial charge in [0.2, 0.25) is 0 Å². The largest absolute Gasteiger partial charge is 0.489 e. The molecule has 2 heterocycles. The quantitative estimate of drug-likeness (QED) is 0.872. The second-order valence-electron chi connectivity index (χ2n) is 6.57. The van der Waals surface area contributed by atoms with E-state index in [0.29, 0.717) is 23.2 Å². The number of hydrogen-bond acceptors (Lipinski definition) is 5. The van der Waals surface area contributed by atoms with Crippen LogP contribution in [-0.2, 0) is 0 Å². The summed E-state index contributed by atoms with van der Waals surface area (Å²) in [5.74, 6) is 0.381. The van der Waals surface area contributed by atoms with Crippen molar-refractivity contribution < 1.29 is 9.53 Å². The Morgan fingerprint density at radius 1 is 1.32 bits per heavy atom. The van der Waals surface area contributed by atoms with Crippen LogP contribution in [0.1, 0.15) is 48.9 Å². The Kier molecular flexibility index (Phi) is 5.33. The summed E-state index contributed by atoms with van der Waals surface area (Å²) in [6, 6.07) is 7.70. The van der Waals surface area contributed by atoms with Crippen molar-refractivity contribution in [2.75, 3.05) is 18.4 Å². The lowest BCUT2D eigenvalue weighted by atomic mass is 10.1. The lowest BCUT2D eigenvalue weighted by Gasteiger charge is -2.23. The molecule has 0 atom stereocenters. The molecular weight excluding hydrogens is 318 g/mol. The van der Waals surface area contributed by atoms with Gasteiger partial charge in [0.05, 0.1) is 23.5 Å². The zero-order chi connectivity index (χ0) is 17.8. The minimum Gasteiger partial charge on any atom is -0.489 e. The van der Waals surface area contributed by atoms with Gasteiger partial charge in [0.1, 0.15) is 5.75 Å². The van der Waals surface area contributed by atoms with E-state index in [1.807, 2.05) is 49.7 Å². The molecule has 2 N–H and O–H groups in total. The molecule has 0 aliphatic carbocycles. The Labute approximate surface area is 147 Å². The highest BCUT2D eigenvalue weighted by Crippen LogP contribution is 2.26. The van der Waals surface area contributed by atoms with E-state index in [0.717, 1.165) is 31.6 Å². The van der Waals surface area contributed by atoms with Crippen molar-refractivity contribution in [1.82, 2.24) is 20.3 Å². The number of carbonyl (C=O) groups is 1. The van der Waals surface area contributed by atoms with Crippen LogP contribution in [0.3, 0.4) is 0 Å². The molecule has 1 aliphatic rings. The minimum absolute atomic E-state index is 0.0283. The Hall–Kier alpha value is -2.41. The maximum Gasteiger partial charge on any atom is 0.278 e. The summed E-state index contributed by atoms with van der Waals surface area (Å²) in [6.45, 7) is 7.73. The Morgan fingerprint density at radius 2 is 2.04 bits per heavy atom. The van der Waals surface area contributed by atoms with Gasteiger partial charge in [0.25, 0.3) is 5.91 Å². The number of para-hydroxylation sites is 2. The summed E-state index contributed by atoms with van der Waals surface area (Å²) < 4.78 is 7.63.